The molecule has 0 bridgehead atoms. The maximum atomic E-state index is 12.7. The van der Waals surface area contributed by atoms with E-state index in [0.29, 0.717) is 23.4 Å². The molecule has 3 rings (SSSR count). The molecule has 0 atom stereocenters. The molecule has 0 unspecified atom stereocenters. The standard InChI is InChI=1S/C20H22ClN3O2/c1-22-19(26)20(11-3-2-4-12-20)24-18(25)15-7-5-14(6-8-15)17-10-9-16(21)13-23-17/h5-10,13H,2-4,11-12H2,1H3,(H,22,26)(H,24,25). The van der Waals surface area contributed by atoms with Crippen LogP contribution in [0.4, 0.5) is 0 Å². The fourth-order valence-corrected chi connectivity index (χ4v) is 3.54. The summed E-state index contributed by atoms with van der Waals surface area (Å²) in [6, 6.07) is 10.8. The topological polar surface area (TPSA) is 71.1 Å². The van der Waals surface area contributed by atoms with E-state index >= 15 is 0 Å². The molecule has 136 valence electrons. The van der Waals surface area contributed by atoms with Gasteiger partial charge in [-0.2, -0.15) is 0 Å². The summed E-state index contributed by atoms with van der Waals surface area (Å²) < 4.78 is 0. The smallest absolute Gasteiger partial charge is 0.252 e. The molecule has 0 aliphatic heterocycles. The molecular formula is C20H22ClN3O2. The highest BCUT2D eigenvalue weighted by Crippen LogP contribution is 2.29. The molecule has 6 heteroatoms. The van der Waals surface area contributed by atoms with Crippen LogP contribution in [0, 0.1) is 0 Å². The van der Waals surface area contributed by atoms with Gasteiger partial charge >= 0.3 is 0 Å². The number of carbonyl (C=O) groups excluding carboxylic acids is 2. The van der Waals surface area contributed by atoms with Gasteiger partial charge in [0.25, 0.3) is 5.91 Å². The molecule has 0 radical (unpaired) electrons. The number of nitrogens with one attached hydrogen (secondary N) is 2. The van der Waals surface area contributed by atoms with Gasteiger partial charge in [-0.15, -0.1) is 0 Å². The third-order valence-electron chi connectivity index (χ3n) is 4.89. The van der Waals surface area contributed by atoms with Crippen molar-refractivity contribution in [1.29, 1.82) is 0 Å². The number of amides is 2. The van der Waals surface area contributed by atoms with Gasteiger partial charge in [0.05, 0.1) is 10.7 Å². The Morgan fingerprint density at radius 3 is 2.31 bits per heavy atom. The van der Waals surface area contributed by atoms with Crippen LogP contribution in [0.25, 0.3) is 11.3 Å². The monoisotopic (exact) mass is 371 g/mol. The number of halogens is 1. The van der Waals surface area contributed by atoms with E-state index in [-0.39, 0.29) is 11.8 Å². The van der Waals surface area contributed by atoms with E-state index < -0.39 is 5.54 Å². The van der Waals surface area contributed by atoms with Crippen LogP contribution in [0.2, 0.25) is 5.02 Å². The number of hydrogen-bond acceptors (Lipinski definition) is 3. The Morgan fingerprint density at radius 2 is 1.73 bits per heavy atom. The highest BCUT2D eigenvalue weighted by molar-refractivity contribution is 6.30. The van der Waals surface area contributed by atoms with Gasteiger partial charge < -0.3 is 10.6 Å². The molecule has 1 saturated carbocycles. The molecule has 2 aromatic rings. The Labute approximate surface area is 158 Å². The lowest BCUT2D eigenvalue weighted by Crippen LogP contribution is -2.59. The second-order valence-electron chi connectivity index (χ2n) is 6.62. The first-order valence-corrected chi connectivity index (χ1v) is 9.18. The Bertz CT molecular complexity index is 782. The lowest BCUT2D eigenvalue weighted by Gasteiger charge is -2.36. The predicted octanol–water partition coefficient (Wildman–Crippen LogP) is 3.58. The minimum atomic E-state index is -0.805. The molecule has 26 heavy (non-hydrogen) atoms. The number of carbonyl (C=O) groups is 2. The Hall–Kier alpha value is -2.40. The fraction of sp³-hybridized carbons (Fsp3) is 0.350. The van der Waals surface area contributed by atoms with Crippen molar-refractivity contribution in [2.24, 2.45) is 0 Å². The van der Waals surface area contributed by atoms with Gasteiger partial charge in [-0.25, -0.2) is 0 Å². The van der Waals surface area contributed by atoms with E-state index in [2.05, 4.69) is 15.6 Å². The van der Waals surface area contributed by atoms with Gasteiger partial charge in [0.1, 0.15) is 5.54 Å². The van der Waals surface area contributed by atoms with Crippen LogP contribution in [0.15, 0.2) is 42.6 Å². The van der Waals surface area contributed by atoms with Gasteiger partial charge in [0.2, 0.25) is 5.91 Å². The number of aromatic nitrogens is 1. The minimum Gasteiger partial charge on any atom is -0.357 e. The molecule has 2 amide bonds. The van der Waals surface area contributed by atoms with Crippen molar-refractivity contribution in [2.45, 2.75) is 37.6 Å². The normalized spacial score (nSPS) is 15.9. The average Bonchev–Trinajstić information content (AvgIpc) is 2.68. The van der Waals surface area contributed by atoms with E-state index in [1.54, 1.807) is 31.4 Å². The third-order valence-corrected chi connectivity index (χ3v) is 5.12. The fourth-order valence-electron chi connectivity index (χ4n) is 3.43. The number of nitrogens with zero attached hydrogens (tertiary/aromatic N) is 1. The lowest BCUT2D eigenvalue weighted by molar-refractivity contribution is -0.128. The predicted molar refractivity (Wildman–Crippen MR) is 102 cm³/mol. The molecule has 2 N–H and O–H groups in total. The first-order valence-electron chi connectivity index (χ1n) is 8.81. The van der Waals surface area contributed by atoms with Crippen LogP contribution in [-0.2, 0) is 4.79 Å². The van der Waals surface area contributed by atoms with E-state index in [1.165, 1.54) is 0 Å². The minimum absolute atomic E-state index is 0.118. The highest BCUT2D eigenvalue weighted by atomic mass is 35.5. The number of likely N-dealkylation sites (N-methyl/N-ethyl adjacent to an activating group) is 1. The van der Waals surface area contributed by atoms with Crippen molar-refractivity contribution in [3.8, 4) is 11.3 Å². The van der Waals surface area contributed by atoms with E-state index in [4.69, 9.17) is 11.6 Å². The molecule has 1 aromatic carbocycles. The van der Waals surface area contributed by atoms with Crippen LogP contribution < -0.4 is 10.6 Å². The number of pyridine rings is 1. The largest absolute Gasteiger partial charge is 0.357 e. The SMILES string of the molecule is CNC(=O)C1(NC(=O)c2ccc(-c3ccc(Cl)cn3)cc2)CCCCC1. The summed E-state index contributed by atoms with van der Waals surface area (Å²) >= 11 is 5.86. The molecule has 1 fully saturated rings. The van der Waals surface area contributed by atoms with Crippen molar-refractivity contribution >= 4 is 23.4 Å². The second-order valence-corrected chi connectivity index (χ2v) is 7.05. The number of benzene rings is 1. The quantitative estimate of drug-likeness (QED) is 0.862. The van der Waals surface area contributed by atoms with E-state index in [0.717, 1.165) is 30.5 Å². The first-order chi connectivity index (χ1) is 12.5. The maximum absolute atomic E-state index is 12.7. The Kier molecular flexibility index (Phi) is 5.57. The van der Waals surface area contributed by atoms with Crippen molar-refractivity contribution in [3.63, 3.8) is 0 Å². The summed E-state index contributed by atoms with van der Waals surface area (Å²) in [5.74, 6) is -0.348. The van der Waals surface area contributed by atoms with Crippen molar-refractivity contribution in [2.75, 3.05) is 7.05 Å². The van der Waals surface area contributed by atoms with Crippen molar-refractivity contribution in [1.82, 2.24) is 15.6 Å². The zero-order valence-electron chi connectivity index (χ0n) is 14.7. The van der Waals surface area contributed by atoms with Crippen LogP contribution in [0.3, 0.4) is 0 Å². The lowest BCUT2D eigenvalue weighted by atomic mass is 9.80. The van der Waals surface area contributed by atoms with E-state index in [9.17, 15) is 9.59 Å². The zero-order valence-corrected chi connectivity index (χ0v) is 15.5. The number of hydrogen-bond donors (Lipinski definition) is 2. The summed E-state index contributed by atoms with van der Waals surface area (Å²) in [7, 11) is 1.61. The Morgan fingerprint density at radius 1 is 1.04 bits per heavy atom. The van der Waals surface area contributed by atoms with Crippen LogP contribution in [0.5, 0.6) is 0 Å². The summed E-state index contributed by atoms with van der Waals surface area (Å²) in [6.07, 6.45) is 5.91. The Balaban J connectivity index is 1.76. The van der Waals surface area contributed by atoms with Crippen LogP contribution in [-0.4, -0.2) is 29.4 Å². The van der Waals surface area contributed by atoms with Crippen molar-refractivity contribution in [3.05, 3.63) is 53.2 Å². The summed E-state index contributed by atoms with van der Waals surface area (Å²) in [5.41, 5.74) is 1.41. The molecule has 1 heterocycles. The summed E-state index contributed by atoms with van der Waals surface area (Å²) in [4.78, 5) is 29.4. The second kappa shape index (κ2) is 7.87. The summed E-state index contributed by atoms with van der Waals surface area (Å²) in [6.45, 7) is 0. The van der Waals surface area contributed by atoms with Crippen LogP contribution >= 0.6 is 11.6 Å². The van der Waals surface area contributed by atoms with Gasteiger partial charge in [-0.3, -0.25) is 14.6 Å². The van der Waals surface area contributed by atoms with Gasteiger partial charge in [0.15, 0.2) is 0 Å². The maximum Gasteiger partial charge on any atom is 0.252 e. The molecule has 1 aliphatic rings. The molecule has 0 saturated heterocycles. The van der Waals surface area contributed by atoms with Crippen molar-refractivity contribution < 1.29 is 9.59 Å². The molecule has 1 aliphatic carbocycles. The number of rotatable bonds is 4. The molecule has 1 aromatic heterocycles. The summed E-state index contributed by atoms with van der Waals surface area (Å²) in [5, 5.41) is 6.26. The van der Waals surface area contributed by atoms with E-state index in [1.807, 2.05) is 18.2 Å². The van der Waals surface area contributed by atoms with Crippen LogP contribution in [0.1, 0.15) is 42.5 Å². The highest BCUT2D eigenvalue weighted by Gasteiger charge is 2.40. The first kappa shape index (κ1) is 18.4. The molecule has 0 spiro atoms. The molecular weight excluding hydrogens is 350 g/mol. The zero-order chi connectivity index (χ0) is 18.6. The molecule has 5 nitrogen and oxygen atoms in total. The average molecular weight is 372 g/mol. The van der Waals surface area contributed by atoms with Gasteiger partial charge in [-0.1, -0.05) is 43.0 Å². The van der Waals surface area contributed by atoms with Gasteiger partial charge in [-0.05, 0) is 37.1 Å². The third kappa shape index (κ3) is 3.88. The van der Waals surface area contributed by atoms with Gasteiger partial charge in [0, 0.05) is 24.4 Å².